The van der Waals surface area contributed by atoms with Crippen LogP contribution in [0.4, 0.5) is 5.82 Å². The fourth-order valence-electron chi connectivity index (χ4n) is 3.07. The van der Waals surface area contributed by atoms with Gasteiger partial charge in [0.05, 0.1) is 0 Å². The van der Waals surface area contributed by atoms with Gasteiger partial charge in [-0.05, 0) is 43.9 Å². The Morgan fingerprint density at radius 1 is 1.21 bits per heavy atom. The number of guanidine groups is 1. The van der Waals surface area contributed by atoms with Crippen molar-refractivity contribution in [2.24, 2.45) is 10.9 Å². The first-order chi connectivity index (χ1) is 13.2. The Labute approximate surface area is 186 Å². The van der Waals surface area contributed by atoms with Crippen LogP contribution in [0.25, 0.3) is 0 Å². The normalized spacial score (nSPS) is 17.9. The van der Waals surface area contributed by atoms with Crippen molar-refractivity contribution in [3.63, 3.8) is 0 Å². The summed E-state index contributed by atoms with van der Waals surface area (Å²) in [5, 5.41) is 6.68. The van der Waals surface area contributed by atoms with Crippen LogP contribution in [0.3, 0.4) is 0 Å². The molecule has 1 saturated heterocycles. The molecule has 2 heterocycles. The van der Waals surface area contributed by atoms with Crippen LogP contribution >= 0.6 is 24.0 Å². The van der Waals surface area contributed by atoms with Crippen LogP contribution < -0.4 is 15.5 Å². The third kappa shape index (κ3) is 8.08. The van der Waals surface area contributed by atoms with Crippen LogP contribution in [0.5, 0.6) is 0 Å². The quantitative estimate of drug-likeness (QED) is 0.233. The van der Waals surface area contributed by atoms with Gasteiger partial charge in [-0.2, -0.15) is 0 Å². The Bertz CT molecular complexity index is 585. The fourth-order valence-corrected chi connectivity index (χ4v) is 3.07. The van der Waals surface area contributed by atoms with Gasteiger partial charge >= 0.3 is 0 Å². The van der Waals surface area contributed by atoms with Crippen LogP contribution in [0, 0.1) is 5.92 Å². The van der Waals surface area contributed by atoms with E-state index in [1.807, 2.05) is 6.20 Å². The molecule has 2 aliphatic rings. The first-order valence-corrected chi connectivity index (χ1v) is 10.2. The predicted molar refractivity (Wildman–Crippen MR) is 126 cm³/mol. The number of pyridine rings is 1. The van der Waals surface area contributed by atoms with Crippen molar-refractivity contribution in [2.45, 2.75) is 25.8 Å². The number of hydrogen-bond acceptors (Lipinski definition) is 5. The molecule has 0 atom stereocenters. The monoisotopic (exact) mass is 502 g/mol. The molecule has 1 aliphatic carbocycles. The molecule has 0 radical (unpaired) electrons. The largest absolute Gasteiger partial charge is 0.381 e. The van der Waals surface area contributed by atoms with E-state index in [0.29, 0.717) is 6.54 Å². The second kappa shape index (κ2) is 12.4. The zero-order valence-electron chi connectivity index (χ0n) is 17.2. The summed E-state index contributed by atoms with van der Waals surface area (Å²) in [6, 6.07) is 4.27. The van der Waals surface area contributed by atoms with E-state index < -0.39 is 0 Å². The Morgan fingerprint density at radius 2 is 2.00 bits per heavy atom. The van der Waals surface area contributed by atoms with Gasteiger partial charge in [-0.1, -0.05) is 6.07 Å². The molecule has 1 aromatic heterocycles. The Hall–Kier alpha value is -1.13. The summed E-state index contributed by atoms with van der Waals surface area (Å²) >= 11 is 0. The Kier molecular flexibility index (Phi) is 10.3. The molecular weight excluding hydrogens is 467 g/mol. The molecule has 158 valence electrons. The number of halogens is 1. The average molecular weight is 502 g/mol. The van der Waals surface area contributed by atoms with Gasteiger partial charge < -0.3 is 25.2 Å². The van der Waals surface area contributed by atoms with Gasteiger partial charge in [-0.3, -0.25) is 4.99 Å². The van der Waals surface area contributed by atoms with Crippen molar-refractivity contribution in [1.82, 2.24) is 20.5 Å². The summed E-state index contributed by atoms with van der Waals surface area (Å²) < 4.78 is 5.65. The van der Waals surface area contributed by atoms with E-state index in [9.17, 15) is 0 Å². The number of rotatable bonds is 9. The molecule has 0 spiro atoms. The second-order valence-electron chi connectivity index (χ2n) is 7.54. The van der Waals surface area contributed by atoms with Crippen molar-refractivity contribution in [3.8, 4) is 0 Å². The molecule has 0 aromatic carbocycles. The number of nitrogens with zero attached hydrogens (tertiary/aromatic N) is 4. The third-order valence-corrected chi connectivity index (χ3v) is 5.13. The van der Waals surface area contributed by atoms with Gasteiger partial charge in [0.15, 0.2) is 5.96 Å². The number of nitrogens with one attached hydrogen (secondary N) is 2. The van der Waals surface area contributed by atoms with E-state index in [1.165, 1.54) is 12.8 Å². The summed E-state index contributed by atoms with van der Waals surface area (Å²) in [7, 11) is 3.97. The van der Waals surface area contributed by atoms with Gasteiger partial charge in [-0.25, -0.2) is 4.98 Å². The lowest BCUT2D eigenvalue weighted by atomic mass is 10.2. The zero-order valence-corrected chi connectivity index (χ0v) is 19.5. The van der Waals surface area contributed by atoms with Gasteiger partial charge in [0.2, 0.25) is 0 Å². The van der Waals surface area contributed by atoms with Gasteiger partial charge in [0.1, 0.15) is 5.82 Å². The van der Waals surface area contributed by atoms with Crippen LogP contribution in [-0.4, -0.2) is 75.9 Å². The number of likely N-dealkylation sites (N-methyl/N-ethyl adjacent to an activating group) is 1. The lowest BCUT2D eigenvalue weighted by molar-refractivity contribution is 0.123. The first kappa shape index (κ1) is 23.2. The molecule has 0 amide bonds. The van der Waals surface area contributed by atoms with E-state index in [4.69, 9.17) is 4.74 Å². The lowest BCUT2D eigenvalue weighted by Gasteiger charge is -2.33. The molecule has 1 aliphatic heterocycles. The minimum absolute atomic E-state index is 0. The minimum Gasteiger partial charge on any atom is -0.381 e. The highest BCUT2D eigenvalue weighted by molar-refractivity contribution is 14.0. The van der Waals surface area contributed by atoms with E-state index in [-0.39, 0.29) is 24.0 Å². The van der Waals surface area contributed by atoms with Crippen molar-refractivity contribution in [1.29, 1.82) is 0 Å². The van der Waals surface area contributed by atoms with Crippen LogP contribution in [-0.2, 0) is 11.3 Å². The Morgan fingerprint density at radius 3 is 2.64 bits per heavy atom. The summed E-state index contributed by atoms with van der Waals surface area (Å²) in [6.45, 7) is 7.61. The predicted octanol–water partition coefficient (Wildman–Crippen LogP) is 1.93. The van der Waals surface area contributed by atoms with E-state index >= 15 is 0 Å². The van der Waals surface area contributed by atoms with Gasteiger partial charge in [-0.15, -0.1) is 24.0 Å². The van der Waals surface area contributed by atoms with Crippen LogP contribution in [0.2, 0.25) is 0 Å². The minimum atomic E-state index is 0. The highest BCUT2D eigenvalue weighted by atomic mass is 127. The first-order valence-electron chi connectivity index (χ1n) is 10.2. The number of piperazine rings is 1. The number of hydrogen-bond donors (Lipinski definition) is 2. The molecule has 0 bridgehead atoms. The second-order valence-corrected chi connectivity index (χ2v) is 7.54. The number of aliphatic imine (C=N–C) groups is 1. The summed E-state index contributed by atoms with van der Waals surface area (Å²) in [5.74, 6) is 2.73. The molecule has 1 aromatic rings. The standard InChI is InChI=1S/C20H34N6O.HI/c1-21-20(22-8-3-13-27-16-17-4-5-17)24-15-18-6-7-19(23-14-18)26-11-9-25(2)10-12-26;/h6-7,14,17H,3-5,8-13,15-16H2,1-2H3,(H2,21,22,24);1H. The maximum atomic E-state index is 5.65. The SMILES string of the molecule is CN=C(NCCCOCC1CC1)NCc1ccc(N2CCN(C)CC2)nc1.I. The summed E-state index contributed by atoms with van der Waals surface area (Å²) in [6.07, 6.45) is 5.65. The lowest BCUT2D eigenvalue weighted by Crippen LogP contribution is -2.44. The fraction of sp³-hybridized carbons (Fsp3) is 0.700. The van der Waals surface area contributed by atoms with Gasteiger partial charge in [0.25, 0.3) is 0 Å². The molecular formula is C20H35IN6O. The third-order valence-electron chi connectivity index (χ3n) is 5.13. The summed E-state index contributed by atoms with van der Waals surface area (Å²) in [5.41, 5.74) is 1.16. The van der Waals surface area contributed by atoms with Crippen LogP contribution in [0.1, 0.15) is 24.8 Å². The van der Waals surface area contributed by atoms with Crippen molar-refractivity contribution in [2.75, 3.05) is 64.9 Å². The topological polar surface area (TPSA) is 65.0 Å². The molecule has 2 N–H and O–H groups in total. The maximum Gasteiger partial charge on any atom is 0.191 e. The highest BCUT2D eigenvalue weighted by Gasteiger charge is 2.20. The number of aromatic nitrogens is 1. The highest BCUT2D eigenvalue weighted by Crippen LogP contribution is 2.28. The van der Waals surface area contributed by atoms with E-state index in [1.54, 1.807) is 7.05 Å². The van der Waals surface area contributed by atoms with Crippen LogP contribution in [0.15, 0.2) is 23.3 Å². The molecule has 7 nitrogen and oxygen atoms in total. The van der Waals surface area contributed by atoms with E-state index in [2.05, 4.69) is 49.6 Å². The molecule has 3 rings (SSSR count). The molecule has 8 heteroatoms. The number of ether oxygens (including phenoxy) is 1. The van der Waals surface area contributed by atoms with Crippen molar-refractivity contribution >= 4 is 35.8 Å². The van der Waals surface area contributed by atoms with Gasteiger partial charge in [0, 0.05) is 65.7 Å². The van der Waals surface area contributed by atoms with Crippen molar-refractivity contribution < 1.29 is 4.74 Å². The number of anilines is 1. The molecule has 2 fully saturated rings. The average Bonchev–Trinajstić information content (AvgIpc) is 3.52. The van der Waals surface area contributed by atoms with E-state index in [0.717, 1.165) is 75.6 Å². The summed E-state index contributed by atoms with van der Waals surface area (Å²) in [4.78, 5) is 13.6. The molecule has 1 saturated carbocycles. The molecule has 28 heavy (non-hydrogen) atoms. The Balaban J connectivity index is 0.00000280. The smallest absolute Gasteiger partial charge is 0.191 e. The maximum absolute atomic E-state index is 5.65. The molecule has 0 unspecified atom stereocenters. The zero-order chi connectivity index (χ0) is 18.9. The van der Waals surface area contributed by atoms with Crippen molar-refractivity contribution in [3.05, 3.63) is 23.9 Å².